The second-order valence-electron chi connectivity index (χ2n) is 9.38. The van der Waals surface area contributed by atoms with Crippen LogP contribution in [0.1, 0.15) is 22.8 Å². The molecule has 0 spiro atoms. The maximum absolute atomic E-state index is 12.7. The monoisotopic (exact) mass is 541 g/mol. The fourth-order valence-corrected chi connectivity index (χ4v) is 4.30. The van der Waals surface area contributed by atoms with Gasteiger partial charge in [0.15, 0.2) is 0 Å². The van der Waals surface area contributed by atoms with Crippen molar-refractivity contribution in [3.8, 4) is 28.7 Å². The predicted octanol–water partition coefficient (Wildman–Crippen LogP) is 2.29. The quantitative estimate of drug-likeness (QED) is 0.303. The summed E-state index contributed by atoms with van der Waals surface area (Å²) < 4.78 is 13.1. The van der Waals surface area contributed by atoms with Crippen LogP contribution in [0.15, 0.2) is 55.1 Å². The first-order chi connectivity index (χ1) is 19.5. The van der Waals surface area contributed by atoms with E-state index in [2.05, 4.69) is 36.9 Å². The average Bonchev–Trinajstić information content (AvgIpc) is 3.46. The van der Waals surface area contributed by atoms with Crippen molar-refractivity contribution in [2.75, 3.05) is 32.1 Å². The molecule has 0 bridgehead atoms. The van der Waals surface area contributed by atoms with E-state index in [0.717, 1.165) is 11.1 Å². The Kier molecular flexibility index (Phi) is 7.79. The summed E-state index contributed by atoms with van der Waals surface area (Å²) in [5, 5.41) is 32.9. The van der Waals surface area contributed by atoms with Crippen LogP contribution in [-0.2, 0) is 6.54 Å². The predicted molar refractivity (Wildman–Crippen MR) is 143 cm³/mol. The third-order valence-corrected chi connectivity index (χ3v) is 6.45. The lowest BCUT2D eigenvalue weighted by atomic mass is 10.00. The van der Waals surface area contributed by atoms with Gasteiger partial charge in [-0.15, -0.1) is 5.10 Å². The molecule has 2 aromatic heterocycles. The Bertz CT molecular complexity index is 1510. The number of hydrogen-bond acceptors (Lipinski definition) is 11. The second kappa shape index (κ2) is 11.7. The Labute approximate surface area is 230 Å². The van der Waals surface area contributed by atoms with Gasteiger partial charge in [-0.2, -0.15) is 5.26 Å². The number of rotatable bonds is 10. The minimum Gasteiger partial charge on any atom is -0.495 e. The van der Waals surface area contributed by atoms with E-state index < -0.39 is 0 Å². The number of aromatic nitrogens is 6. The molecule has 1 aliphatic rings. The summed E-state index contributed by atoms with van der Waals surface area (Å²) in [6.07, 6.45) is 4.54. The summed E-state index contributed by atoms with van der Waals surface area (Å²) in [5.74, 6) is 1.29. The minimum atomic E-state index is -0.284. The van der Waals surface area contributed by atoms with Gasteiger partial charge in [0.1, 0.15) is 30.0 Å². The van der Waals surface area contributed by atoms with Crippen LogP contribution in [0.5, 0.6) is 11.5 Å². The summed E-state index contributed by atoms with van der Waals surface area (Å²) in [6, 6.07) is 12.6. The van der Waals surface area contributed by atoms with Gasteiger partial charge in [-0.25, -0.2) is 14.6 Å². The molecule has 1 amide bonds. The van der Waals surface area contributed by atoms with Gasteiger partial charge in [-0.05, 0) is 53.2 Å². The van der Waals surface area contributed by atoms with E-state index >= 15 is 0 Å². The largest absolute Gasteiger partial charge is 0.495 e. The van der Waals surface area contributed by atoms with Crippen LogP contribution in [0.3, 0.4) is 0 Å². The number of tetrazole rings is 1. The molecule has 5 rings (SSSR count). The standard InChI is InChI=1S/C27H27N9O4/c1-17(12-36-16-31-33-34-36)40-24-7-19(3-4-21(24)9-28)22-10-29-27(30-11-22)32-23-6-5-20(8-25(23)39-2)26(38)35-13-18(14-35)15-37/h3-8,10-11,16-18,37H,12-15H2,1-2H3,(H,29,30,32)/t17-/m0/s1. The number of carbonyl (C=O) groups excluding carboxylic acids is 1. The molecule has 1 aliphatic heterocycles. The Morgan fingerprint density at radius 1 is 1.18 bits per heavy atom. The zero-order valence-electron chi connectivity index (χ0n) is 21.9. The van der Waals surface area contributed by atoms with Crippen molar-refractivity contribution in [3.05, 3.63) is 66.2 Å². The lowest BCUT2D eigenvalue weighted by molar-refractivity contribution is 0.0361. The van der Waals surface area contributed by atoms with E-state index in [9.17, 15) is 15.2 Å². The highest BCUT2D eigenvalue weighted by molar-refractivity contribution is 5.96. The number of carbonyl (C=O) groups is 1. The number of aliphatic hydroxyl groups is 1. The fraction of sp³-hybridized carbons (Fsp3) is 0.296. The highest BCUT2D eigenvalue weighted by Crippen LogP contribution is 2.31. The third-order valence-electron chi connectivity index (χ3n) is 6.45. The van der Waals surface area contributed by atoms with Crippen molar-refractivity contribution in [3.63, 3.8) is 0 Å². The first kappa shape index (κ1) is 26.5. The van der Waals surface area contributed by atoms with E-state index in [0.29, 0.717) is 53.9 Å². The molecule has 1 atom stereocenters. The molecule has 1 fully saturated rings. The highest BCUT2D eigenvalue weighted by Gasteiger charge is 2.30. The van der Waals surface area contributed by atoms with Crippen molar-refractivity contribution in [2.45, 2.75) is 19.6 Å². The summed E-state index contributed by atoms with van der Waals surface area (Å²) in [4.78, 5) is 23.2. The molecule has 3 heterocycles. The number of nitrogens with one attached hydrogen (secondary N) is 1. The minimum absolute atomic E-state index is 0.0804. The molecule has 2 N–H and O–H groups in total. The highest BCUT2D eigenvalue weighted by atomic mass is 16.5. The number of hydrogen-bond donors (Lipinski definition) is 2. The number of benzene rings is 2. The molecule has 0 unspecified atom stereocenters. The van der Waals surface area contributed by atoms with Crippen LogP contribution in [0.2, 0.25) is 0 Å². The van der Waals surface area contributed by atoms with E-state index in [4.69, 9.17) is 9.47 Å². The summed E-state index contributed by atoms with van der Waals surface area (Å²) >= 11 is 0. The molecule has 2 aromatic carbocycles. The summed E-state index contributed by atoms with van der Waals surface area (Å²) in [7, 11) is 1.53. The summed E-state index contributed by atoms with van der Waals surface area (Å²) in [5.41, 5.74) is 3.03. The van der Waals surface area contributed by atoms with Crippen molar-refractivity contribution >= 4 is 17.5 Å². The number of methoxy groups -OCH3 is 1. The number of anilines is 2. The molecule has 40 heavy (non-hydrogen) atoms. The van der Waals surface area contributed by atoms with Gasteiger partial charge in [0.05, 0.1) is 24.9 Å². The van der Waals surface area contributed by atoms with E-state index in [1.165, 1.54) is 13.4 Å². The topological polar surface area (TPSA) is 164 Å². The SMILES string of the molecule is COc1cc(C(=O)N2CC(CO)C2)ccc1Nc1ncc(-c2ccc(C#N)c(O[C@@H](C)Cn3cnnn3)c2)cn1. The van der Waals surface area contributed by atoms with E-state index in [1.54, 1.807) is 52.3 Å². The van der Waals surface area contributed by atoms with Crippen molar-refractivity contribution in [1.82, 2.24) is 35.1 Å². The van der Waals surface area contributed by atoms with Crippen LogP contribution in [-0.4, -0.2) is 79.0 Å². The molecule has 0 aliphatic carbocycles. The zero-order chi connectivity index (χ0) is 28.1. The molecule has 204 valence electrons. The molecule has 4 aromatic rings. The molecule has 13 heteroatoms. The van der Waals surface area contributed by atoms with Crippen LogP contribution >= 0.6 is 0 Å². The Hall–Kier alpha value is -5.09. The van der Waals surface area contributed by atoms with Gasteiger partial charge in [-0.3, -0.25) is 4.79 Å². The molecule has 1 saturated heterocycles. The lowest BCUT2D eigenvalue weighted by Gasteiger charge is -2.38. The number of amides is 1. The van der Waals surface area contributed by atoms with E-state index in [1.807, 2.05) is 13.0 Å². The van der Waals surface area contributed by atoms with Gasteiger partial charge in [0.2, 0.25) is 5.95 Å². The Morgan fingerprint density at radius 3 is 2.65 bits per heavy atom. The van der Waals surface area contributed by atoms with Crippen LogP contribution in [0.25, 0.3) is 11.1 Å². The van der Waals surface area contributed by atoms with Crippen molar-refractivity contribution < 1.29 is 19.4 Å². The molecule has 13 nitrogen and oxygen atoms in total. The third kappa shape index (κ3) is 5.82. The number of likely N-dealkylation sites (tertiary alicyclic amines) is 1. The normalized spacial score (nSPS) is 13.7. The fourth-order valence-electron chi connectivity index (χ4n) is 4.30. The van der Waals surface area contributed by atoms with Gasteiger partial charge < -0.3 is 24.8 Å². The van der Waals surface area contributed by atoms with Gasteiger partial charge in [-0.1, -0.05) is 6.07 Å². The number of aliphatic hydroxyl groups excluding tert-OH is 1. The zero-order valence-corrected chi connectivity index (χ0v) is 21.9. The van der Waals surface area contributed by atoms with Gasteiger partial charge >= 0.3 is 0 Å². The molecular formula is C27H27N9O4. The first-order valence-electron chi connectivity index (χ1n) is 12.6. The van der Waals surface area contributed by atoms with E-state index in [-0.39, 0.29) is 24.5 Å². The van der Waals surface area contributed by atoms with Crippen LogP contribution in [0, 0.1) is 17.2 Å². The van der Waals surface area contributed by atoms with Crippen LogP contribution in [0.4, 0.5) is 11.6 Å². The smallest absolute Gasteiger partial charge is 0.254 e. The van der Waals surface area contributed by atoms with Gasteiger partial charge in [0, 0.05) is 49.1 Å². The van der Waals surface area contributed by atoms with Gasteiger partial charge in [0.25, 0.3) is 5.91 Å². The Morgan fingerprint density at radius 2 is 1.98 bits per heavy atom. The molecule has 0 radical (unpaired) electrons. The average molecular weight is 542 g/mol. The number of ether oxygens (including phenoxy) is 2. The molecular weight excluding hydrogens is 514 g/mol. The second-order valence-corrected chi connectivity index (χ2v) is 9.38. The van der Waals surface area contributed by atoms with Crippen LogP contribution < -0.4 is 14.8 Å². The molecule has 0 saturated carbocycles. The Balaban J connectivity index is 1.28. The maximum Gasteiger partial charge on any atom is 0.254 e. The number of nitrogens with zero attached hydrogens (tertiary/aromatic N) is 8. The van der Waals surface area contributed by atoms with Crippen molar-refractivity contribution in [2.24, 2.45) is 5.92 Å². The number of nitriles is 1. The van der Waals surface area contributed by atoms with Crippen molar-refractivity contribution in [1.29, 1.82) is 5.26 Å². The lowest BCUT2D eigenvalue weighted by Crippen LogP contribution is -2.51. The summed E-state index contributed by atoms with van der Waals surface area (Å²) in [6.45, 7) is 3.46. The first-order valence-corrected chi connectivity index (χ1v) is 12.6. The maximum atomic E-state index is 12.7.